The highest BCUT2D eigenvalue weighted by molar-refractivity contribution is 6.21. The zero-order valence-corrected chi connectivity index (χ0v) is 10.8. The van der Waals surface area contributed by atoms with Crippen molar-refractivity contribution in [3.63, 3.8) is 0 Å². The van der Waals surface area contributed by atoms with Crippen LogP contribution in [0.15, 0.2) is 18.2 Å². The van der Waals surface area contributed by atoms with E-state index in [0.717, 1.165) is 5.52 Å². The quantitative estimate of drug-likeness (QED) is 0.824. The molecule has 0 spiro atoms. The van der Waals surface area contributed by atoms with E-state index in [0.29, 0.717) is 11.5 Å². The Bertz CT molecular complexity index is 534. The van der Waals surface area contributed by atoms with Gasteiger partial charge in [-0.05, 0) is 39.0 Å². The Labute approximate surface area is 104 Å². The van der Waals surface area contributed by atoms with E-state index in [-0.39, 0.29) is 16.7 Å². The summed E-state index contributed by atoms with van der Waals surface area (Å²) >= 11 is 6.08. The molecule has 2 N–H and O–H groups in total. The number of H-pyrrole nitrogens is 1. The molecule has 0 saturated heterocycles. The summed E-state index contributed by atoms with van der Waals surface area (Å²) in [5, 5.41) is 3.14. The molecule has 1 atom stereocenters. The predicted molar refractivity (Wildman–Crippen MR) is 69.1 cm³/mol. The van der Waals surface area contributed by atoms with Gasteiger partial charge < -0.3 is 10.3 Å². The van der Waals surface area contributed by atoms with Crippen molar-refractivity contribution in [3.8, 4) is 0 Å². The minimum absolute atomic E-state index is 0.0625. The number of imidazole rings is 1. The van der Waals surface area contributed by atoms with E-state index in [1.807, 2.05) is 20.8 Å². The third kappa shape index (κ3) is 2.52. The summed E-state index contributed by atoms with van der Waals surface area (Å²) in [6, 6.07) is 4.45. The Hall–Kier alpha value is -1.29. The first-order valence-electron chi connectivity index (χ1n) is 5.46. The van der Waals surface area contributed by atoms with Crippen LogP contribution in [0.2, 0.25) is 0 Å². The van der Waals surface area contributed by atoms with E-state index in [2.05, 4.69) is 15.3 Å². The zero-order valence-electron chi connectivity index (χ0n) is 10.0. The maximum Gasteiger partial charge on any atom is 0.201 e. The van der Waals surface area contributed by atoms with Crippen LogP contribution >= 0.6 is 11.6 Å². The zero-order chi connectivity index (χ0) is 12.6. The molecule has 0 fully saturated rings. The minimum atomic E-state index is -0.298. The maximum absolute atomic E-state index is 13.0. The van der Waals surface area contributed by atoms with Gasteiger partial charge in [0.05, 0.1) is 21.9 Å². The highest BCUT2D eigenvalue weighted by atomic mass is 35.5. The molecule has 1 heterocycles. The van der Waals surface area contributed by atoms with Crippen molar-refractivity contribution in [2.75, 3.05) is 5.32 Å². The summed E-state index contributed by atoms with van der Waals surface area (Å²) in [5.74, 6) is 0.320. The molecular formula is C12H15ClFN3. The van der Waals surface area contributed by atoms with Crippen LogP contribution in [0.3, 0.4) is 0 Å². The molecule has 5 heteroatoms. The molecule has 3 nitrogen and oxygen atoms in total. The molecule has 0 aliphatic rings. The lowest BCUT2D eigenvalue weighted by molar-refractivity contribution is 0.551. The lowest BCUT2D eigenvalue weighted by atomic mass is 10.0. The second kappa shape index (κ2) is 4.18. The molecule has 0 aliphatic heterocycles. The van der Waals surface area contributed by atoms with Gasteiger partial charge in [0, 0.05) is 0 Å². The van der Waals surface area contributed by atoms with Crippen molar-refractivity contribution < 1.29 is 4.39 Å². The molecule has 0 radical (unpaired) electrons. The first kappa shape index (κ1) is 12.2. The van der Waals surface area contributed by atoms with Crippen molar-refractivity contribution >= 4 is 28.6 Å². The van der Waals surface area contributed by atoms with Crippen molar-refractivity contribution in [2.24, 2.45) is 0 Å². The second-order valence-corrected chi connectivity index (χ2v) is 5.36. The van der Waals surface area contributed by atoms with Gasteiger partial charge in [-0.25, -0.2) is 9.37 Å². The Morgan fingerprint density at radius 1 is 1.47 bits per heavy atom. The lowest BCUT2D eigenvalue weighted by Gasteiger charge is -2.28. The third-order valence-corrected chi connectivity index (χ3v) is 3.42. The van der Waals surface area contributed by atoms with Crippen LogP contribution in [0.25, 0.3) is 11.0 Å². The molecule has 1 aromatic heterocycles. The predicted octanol–water partition coefficient (Wildman–Crippen LogP) is 3.52. The summed E-state index contributed by atoms with van der Waals surface area (Å²) in [5.41, 5.74) is 1.10. The summed E-state index contributed by atoms with van der Waals surface area (Å²) in [6.07, 6.45) is 0. The summed E-state index contributed by atoms with van der Waals surface area (Å²) < 4.78 is 13.0. The normalized spacial score (nSPS) is 13.9. The number of rotatable bonds is 3. The Balaban J connectivity index is 2.31. The van der Waals surface area contributed by atoms with Crippen LogP contribution in [0.1, 0.15) is 20.8 Å². The van der Waals surface area contributed by atoms with Crippen LogP contribution in [0.5, 0.6) is 0 Å². The van der Waals surface area contributed by atoms with Crippen molar-refractivity contribution in [2.45, 2.75) is 31.7 Å². The summed E-state index contributed by atoms with van der Waals surface area (Å²) in [4.78, 5) is 7.36. The van der Waals surface area contributed by atoms with Crippen LogP contribution < -0.4 is 5.32 Å². The third-order valence-electron chi connectivity index (χ3n) is 2.88. The molecule has 0 aliphatic carbocycles. The van der Waals surface area contributed by atoms with E-state index in [4.69, 9.17) is 11.6 Å². The number of nitrogens with one attached hydrogen (secondary N) is 2. The van der Waals surface area contributed by atoms with Gasteiger partial charge in [-0.3, -0.25) is 0 Å². The molecule has 92 valence electrons. The van der Waals surface area contributed by atoms with Gasteiger partial charge in [0.2, 0.25) is 5.95 Å². The largest absolute Gasteiger partial charge is 0.349 e. The second-order valence-electron chi connectivity index (χ2n) is 4.71. The number of aromatic nitrogens is 2. The molecular weight excluding hydrogens is 241 g/mol. The van der Waals surface area contributed by atoms with E-state index >= 15 is 0 Å². The maximum atomic E-state index is 13.0. The standard InChI is InChI=1S/C12H15ClFN3/c1-7(13)12(2,3)17-11-15-9-5-4-8(14)6-10(9)16-11/h4-7H,1-3H3,(H2,15,16,17). The first-order valence-corrected chi connectivity index (χ1v) is 5.89. The topological polar surface area (TPSA) is 40.7 Å². The fourth-order valence-electron chi connectivity index (χ4n) is 1.45. The molecule has 1 aromatic carbocycles. The molecule has 1 unspecified atom stereocenters. The van der Waals surface area contributed by atoms with Crippen molar-refractivity contribution in [1.29, 1.82) is 0 Å². The summed E-state index contributed by atoms with van der Waals surface area (Å²) in [7, 11) is 0. The molecule has 0 bridgehead atoms. The average molecular weight is 256 g/mol. The highest BCUT2D eigenvalue weighted by Gasteiger charge is 2.24. The SMILES string of the molecule is CC(Cl)C(C)(C)Nc1nc2ccc(F)cc2[nH]1. The van der Waals surface area contributed by atoms with Gasteiger partial charge in [0.1, 0.15) is 5.82 Å². The summed E-state index contributed by atoms with van der Waals surface area (Å²) in [6.45, 7) is 5.88. The Kier molecular flexibility index (Phi) is 3.00. The number of hydrogen-bond acceptors (Lipinski definition) is 2. The number of aromatic amines is 1. The minimum Gasteiger partial charge on any atom is -0.349 e. The number of fused-ring (bicyclic) bond motifs is 1. The average Bonchev–Trinajstić information content (AvgIpc) is 2.57. The monoisotopic (exact) mass is 255 g/mol. The smallest absolute Gasteiger partial charge is 0.201 e. The first-order chi connectivity index (χ1) is 7.88. The number of halogens is 2. The van der Waals surface area contributed by atoms with Crippen LogP contribution in [-0.2, 0) is 0 Å². The van der Waals surface area contributed by atoms with Gasteiger partial charge in [-0.2, -0.15) is 0 Å². The van der Waals surface area contributed by atoms with Crippen molar-refractivity contribution in [1.82, 2.24) is 9.97 Å². The number of anilines is 1. The number of hydrogen-bond donors (Lipinski definition) is 2. The van der Waals surface area contributed by atoms with Crippen LogP contribution in [0, 0.1) is 5.82 Å². The van der Waals surface area contributed by atoms with E-state index in [1.165, 1.54) is 12.1 Å². The Morgan fingerprint density at radius 3 is 2.82 bits per heavy atom. The number of benzene rings is 1. The number of nitrogens with zero attached hydrogens (tertiary/aromatic N) is 1. The molecule has 2 aromatic rings. The fraction of sp³-hybridized carbons (Fsp3) is 0.417. The Morgan fingerprint density at radius 2 is 2.18 bits per heavy atom. The van der Waals surface area contributed by atoms with Gasteiger partial charge in [-0.1, -0.05) is 0 Å². The van der Waals surface area contributed by atoms with E-state index in [9.17, 15) is 4.39 Å². The number of alkyl halides is 1. The van der Waals surface area contributed by atoms with E-state index in [1.54, 1.807) is 6.07 Å². The molecule has 0 saturated carbocycles. The van der Waals surface area contributed by atoms with Crippen molar-refractivity contribution in [3.05, 3.63) is 24.0 Å². The highest BCUT2D eigenvalue weighted by Crippen LogP contribution is 2.22. The van der Waals surface area contributed by atoms with Crippen LogP contribution in [-0.4, -0.2) is 20.9 Å². The molecule has 17 heavy (non-hydrogen) atoms. The van der Waals surface area contributed by atoms with E-state index < -0.39 is 0 Å². The van der Waals surface area contributed by atoms with Gasteiger partial charge in [0.25, 0.3) is 0 Å². The molecule has 2 rings (SSSR count). The lowest BCUT2D eigenvalue weighted by Crippen LogP contribution is -2.39. The van der Waals surface area contributed by atoms with Gasteiger partial charge in [-0.15, -0.1) is 11.6 Å². The van der Waals surface area contributed by atoms with Gasteiger partial charge >= 0.3 is 0 Å². The fourth-order valence-corrected chi connectivity index (χ4v) is 1.50. The van der Waals surface area contributed by atoms with Gasteiger partial charge in [0.15, 0.2) is 0 Å². The van der Waals surface area contributed by atoms with Crippen LogP contribution in [0.4, 0.5) is 10.3 Å². The molecule has 0 amide bonds.